The molecule has 1 saturated carbocycles. The Hall–Kier alpha value is -2.70. The average molecular weight is 661 g/mol. The van der Waals surface area contributed by atoms with E-state index in [1.807, 2.05) is 49.4 Å². The minimum Gasteiger partial charge on any atom is -0.481 e. The van der Waals surface area contributed by atoms with Gasteiger partial charge < -0.3 is 14.3 Å². The van der Waals surface area contributed by atoms with Gasteiger partial charge in [-0.2, -0.15) is 0 Å². The first-order valence-corrected chi connectivity index (χ1v) is 21.1. The molecule has 47 heavy (non-hydrogen) atoms. The van der Waals surface area contributed by atoms with Crippen LogP contribution in [0.1, 0.15) is 122 Å². The average Bonchev–Trinajstić information content (AvgIpc) is 3.42. The number of aliphatic carboxylic acids is 1. The summed E-state index contributed by atoms with van der Waals surface area (Å²) in [6.45, 7) is 15.4. The number of carboxylic acids is 1. The number of carbonyl (C=O) groups excluding carboxylic acids is 1. The molecule has 1 N–H and O–H groups in total. The van der Waals surface area contributed by atoms with E-state index >= 15 is 0 Å². The normalized spacial score (nSPS) is 21.1. The molecule has 2 unspecified atom stereocenters. The summed E-state index contributed by atoms with van der Waals surface area (Å²) in [4.78, 5) is 26.4. The van der Waals surface area contributed by atoms with Crippen LogP contribution >= 0.6 is 0 Å². The van der Waals surface area contributed by atoms with Crippen LogP contribution in [-0.2, 0) is 14.0 Å². The van der Waals surface area contributed by atoms with Gasteiger partial charge in [0.1, 0.15) is 6.10 Å². The molecule has 0 spiro atoms. The zero-order valence-electron chi connectivity index (χ0n) is 30.1. The highest BCUT2D eigenvalue weighted by Crippen LogP contribution is 2.47. The smallest absolute Gasteiger partial charge is 0.338 e. The van der Waals surface area contributed by atoms with E-state index in [-0.39, 0.29) is 35.1 Å². The van der Waals surface area contributed by atoms with E-state index in [9.17, 15) is 14.7 Å². The summed E-state index contributed by atoms with van der Waals surface area (Å²) in [5.41, 5.74) is 3.28. The molecule has 0 aromatic heterocycles. The topological polar surface area (TPSA) is 72.8 Å². The first kappa shape index (κ1) is 37.1. The van der Waals surface area contributed by atoms with Crippen LogP contribution < -0.4 is 0 Å². The van der Waals surface area contributed by atoms with E-state index < -0.39 is 19.7 Å². The first-order valence-electron chi connectivity index (χ1n) is 18.2. The molecule has 2 aromatic rings. The molecular weight excluding hydrogens is 601 g/mol. The third kappa shape index (κ3) is 9.06. The van der Waals surface area contributed by atoms with E-state index in [0.29, 0.717) is 5.56 Å². The lowest BCUT2D eigenvalue weighted by molar-refractivity contribution is -0.161. The third-order valence-corrected chi connectivity index (χ3v) is 16.1. The van der Waals surface area contributed by atoms with Gasteiger partial charge in [-0.15, -0.1) is 0 Å². The minimum absolute atomic E-state index is 0.000110. The van der Waals surface area contributed by atoms with Gasteiger partial charge in [-0.25, -0.2) is 4.79 Å². The predicted octanol–water partition coefficient (Wildman–Crippen LogP) is 11.2. The first-order chi connectivity index (χ1) is 22.3. The van der Waals surface area contributed by atoms with Gasteiger partial charge in [0.05, 0.1) is 17.1 Å². The SMILES string of the molecule is CCCC1=CC[C@H](OC(=O)c2ccc(-c3ccccc3)cc2)[C@@H]1CCCCC(O[Si](C)(C)C(C)(C)C)C(C)(C(=O)O)C1CCCCC1. The number of benzene rings is 2. The fourth-order valence-electron chi connectivity index (χ4n) is 7.52. The molecule has 258 valence electrons. The van der Waals surface area contributed by atoms with E-state index in [1.54, 1.807) is 0 Å². The minimum atomic E-state index is -2.21. The second-order valence-corrected chi connectivity index (χ2v) is 20.6. The van der Waals surface area contributed by atoms with Crippen molar-refractivity contribution in [2.45, 2.75) is 142 Å². The number of ether oxygens (including phenoxy) is 1. The fourth-order valence-corrected chi connectivity index (χ4v) is 8.95. The highest BCUT2D eigenvalue weighted by atomic mass is 28.4. The molecule has 0 heterocycles. The van der Waals surface area contributed by atoms with Crippen molar-refractivity contribution in [3.05, 3.63) is 71.8 Å². The summed E-state index contributed by atoms with van der Waals surface area (Å²) in [5.74, 6) is -0.631. The van der Waals surface area contributed by atoms with Crippen LogP contribution in [0.15, 0.2) is 66.2 Å². The molecule has 0 saturated heterocycles. The Morgan fingerprint density at radius 1 is 0.915 bits per heavy atom. The Labute approximate surface area is 285 Å². The van der Waals surface area contributed by atoms with E-state index in [1.165, 1.54) is 12.0 Å². The number of hydrogen-bond acceptors (Lipinski definition) is 4. The fraction of sp³-hybridized carbons (Fsp3) is 0.610. The standard InChI is InChI=1S/C41H60O5Si/c1-8-17-32-28-29-36(45-38(42)33-26-24-31(25-27-33)30-18-11-9-12-19-30)35(32)22-15-16-23-37(46-47(6,7)40(2,3)4)41(5,39(43)44)34-20-13-10-14-21-34/h9,11-12,18-19,24-28,34-37H,8,10,13-17,20-23,29H2,1-7H3,(H,43,44)/t35-,36+,37?,41?/m1/s1. The van der Waals surface area contributed by atoms with Crippen molar-refractivity contribution in [3.63, 3.8) is 0 Å². The van der Waals surface area contributed by atoms with E-state index in [2.05, 4.69) is 59.0 Å². The van der Waals surface area contributed by atoms with Crippen molar-refractivity contribution < 1.29 is 23.9 Å². The summed E-state index contributed by atoms with van der Waals surface area (Å²) in [5, 5.41) is 10.7. The van der Waals surface area contributed by atoms with Gasteiger partial charge in [-0.05, 0) is 86.3 Å². The molecule has 0 aliphatic heterocycles. The molecule has 2 aliphatic rings. The van der Waals surface area contributed by atoms with Crippen LogP contribution in [0.5, 0.6) is 0 Å². The number of esters is 1. The zero-order chi connectivity index (χ0) is 34.2. The largest absolute Gasteiger partial charge is 0.481 e. The Kier molecular flexibility index (Phi) is 12.7. The monoisotopic (exact) mass is 660 g/mol. The van der Waals surface area contributed by atoms with Crippen LogP contribution in [0.25, 0.3) is 11.1 Å². The van der Waals surface area contributed by atoms with Crippen molar-refractivity contribution in [1.29, 1.82) is 0 Å². The third-order valence-electron chi connectivity index (χ3n) is 11.6. The maximum Gasteiger partial charge on any atom is 0.338 e. The number of carboxylic acid groups (broad SMARTS) is 1. The molecule has 0 bridgehead atoms. The summed E-state index contributed by atoms with van der Waals surface area (Å²) in [6.07, 6.45) is 13.5. The van der Waals surface area contributed by atoms with Gasteiger partial charge in [0.25, 0.3) is 0 Å². The van der Waals surface area contributed by atoms with E-state index in [0.717, 1.165) is 81.8 Å². The number of rotatable bonds is 15. The van der Waals surface area contributed by atoms with Gasteiger partial charge in [-0.1, -0.05) is 120 Å². The summed E-state index contributed by atoms with van der Waals surface area (Å²) in [6, 6.07) is 17.9. The second-order valence-electron chi connectivity index (χ2n) is 15.8. The molecule has 4 atom stereocenters. The lowest BCUT2D eigenvalue weighted by Crippen LogP contribution is -2.54. The number of unbranched alkanes of at least 4 members (excludes halogenated alkanes) is 1. The second kappa shape index (κ2) is 16.1. The van der Waals surface area contributed by atoms with Gasteiger partial charge in [-0.3, -0.25) is 4.79 Å². The van der Waals surface area contributed by atoms with Crippen LogP contribution in [0.4, 0.5) is 0 Å². The summed E-state index contributed by atoms with van der Waals surface area (Å²) >= 11 is 0. The molecule has 4 rings (SSSR count). The molecule has 2 aliphatic carbocycles. The highest BCUT2D eigenvalue weighted by molar-refractivity contribution is 6.74. The predicted molar refractivity (Wildman–Crippen MR) is 195 cm³/mol. The van der Waals surface area contributed by atoms with Crippen molar-refractivity contribution >= 4 is 20.3 Å². The molecule has 5 nitrogen and oxygen atoms in total. The van der Waals surface area contributed by atoms with Crippen LogP contribution in [0.2, 0.25) is 18.1 Å². The molecule has 0 amide bonds. The van der Waals surface area contributed by atoms with Crippen molar-refractivity contribution in [2.75, 3.05) is 0 Å². The Morgan fingerprint density at radius 3 is 2.15 bits per heavy atom. The van der Waals surface area contributed by atoms with Crippen molar-refractivity contribution in [3.8, 4) is 11.1 Å². The molecule has 1 fully saturated rings. The van der Waals surface area contributed by atoms with Gasteiger partial charge in [0.2, 0.25) is 0 Å². The molecule has 0 radical (unpaired) electrons. The molecule has 2 aromatic carbocycles. The van der Waals surface area contributed by atoms with Crippen LogP contribution in [0.3, 0.4) is 0 Å². The van der Waals surface area contributed by atoms with Crippen LogP contribution in [0, 0.1) is 17.3 Å². The number of hydrogen-bond donors (Lipinski definition) is 1. The Bertz CT molecular complexity index is 1340. The van der Waals surface area contributed by atoms with Crippen molar-refractivity contribution in [2.24, 2.45) is 17.3 Å². The van der Waals surface area contributed by atoms with Gasteiger partial charge in [0.15, 0.2) is 8.32 Å². The lowest BCUT2D eigenvalue weighted by atomic mass is 9.66. The van der Waals surface area contributed by atoms with E-state index in [4.69, 9.17) is 9.16 Å². The van der Waals surface area contributed by atoms with Crippen molar-refractivity contribution in [1.82, 2.24) is 0 Å². The maximum absolute atomic E-state index is 13.3. The molecular formula is C41H60O5Si. The van der Waals surface area contributed by atoms with Crippen LogP contribution in [-0.4, -0.2) is 37.6 Å². The Balaban J connectivity index is 1.43. The Morgan fingerprint density at radius 2 is 1.55 bits per heavy atom. The highest BCUT2D eigenvalue weighted by Gasteiger charge is 2.51. The lowest BCUT2D eigenvalue weighted by Gasteiger charge is -2.47. The number of carbonyl (C=O) groups is 2. The quantitative estimate of drug-likeness (QED) is 0.0890. The van der Waals surface area contributed by atoms with Gasteiger partial charge >= 0.3 is 11.9 Å². The molecule has 6 heteroatoms. The summed E-state index contributed by atoms with van der Waals surface area (Å²) in [7, 11) is -2.21. The maximum atomic E-state index is 13.3. The summed E-state index contributed by atoms with van der Waals surface area (Å²) < 4.78 is 13.2. The van der Waals surface area contributed by atoms with Gasteiger partial charge in [0, 0.05) is 12.3 Å². The zero-order valence-corrected chi connectivity index (χ0v) is 31.1.